The molecule has 0 spiro atoms. The summed E-state index contributed by atoms with van der Waals surface area (Å²) in [5, 5.41) is 11.8. The molecule has 7 heteroatoms. The van der Waals surface area contributed by atoms with Crippen LogP contribution in [0.2, 0.25) is 0 Å². The number of carbonyl (C=O) groups is 2. The number of halogens is 3. The van der Waals surface area contributed by atoms with E-state index in [0.717, 1.165) is 12.1 Å². The molecular formula is C19H16F3NO3. The SMILES string of the molecule is CCC(=O)Nc1ccc(C=Cc2cccc(C(F)(F)F)c2)cc1C(=O)O. The Hall–Kier alpha value is -3.09. The van der Waals surface area contributed by atoms with Crippen molar-refractivity contribution >= 4 is 29.7 Å². The molecule has 0 unspecified atom stereocenters. The number of nitrogens with one attached hydrogen (secondary N) is 1. The summed E-state index contributed by atoms with van der Waals surface area (Å²) in [7, 11) is 0. The molecule has 0 saturated carbocycles. The maximum Gasteiger partial charge on any atom is 0.416 e. The Morgan fingerprint density at radius 1 is 1.08 bits per heavy atom. The number of hydrogen-bond acceptors (Lipinski definition) is 2. The van der Waals surface area contributed by atoms with Crippen LogP contribution in [0.5, 0.6) is 0 Å². The lowest BCUT2D eigenvalue weighted by atomic mass is 10.1. The van der Waals surface area contributed by atoms with Gasteiger partial charge in [0.2, 0.25) is 5.91 Å². The predicted octanol–water partition coefficient (Wildman–Crippen LogP) is 4.92. The highest BCUT2D eigenvalue weighted by Gasteiger charge is 2.30. The second-order valence-corrected chi connectivity index (χ2v) is 5.47. The number of carboxylic acids is 1. The third-order valence-corrected chi connectivity index (χ3v) is 3.55. The predicted molar refractivity (Wildman–Crippen MR) is 92.7 cm³/mol. The van der Waals surface area contributed by atoms with Gasteiger partial charge in [-0.2, -0.15) is 13.2 Å². The van der Waals surface area contributed by atoms with Gasteiger partial charge in [-0.1, -0.05) is 37.3 Å². The van der Waals surface area contributed by atoms with Gasteiger partial charge in [0, 0.05) is 6.42 Å². The highest BCUT2D eigenvalue weighted by Crippen LogP contribution is 2.30. The fourth-order valence-corrected chi connectivity index (χ4v) is 2.20. The molecule has 136 valence electrons. The van der Waals surface area contributed by atoms with Crippen LogP contribution < -0.4 is 5.32 Å². The van der Waals surface area contributed by atoms with Crippen LogP contribution in [-0.2, 0) is 11.0 Å². The summed E-state index contributed by atoms with van der Waals surface area (Å²) in [4.78, 5) is 22.8. The highest BCUT2D eigenvalue weighted by molar-refractivity contribution is 6.01. The lowest BCUT2D eigenvalue weighted by Gasteiger charge is -2.09. The van der Waals surface area contributed by atoms with Crippen LogP contribution in [-0.4, -0.2) is 17.0 Å². The van der Waals surface area contributed by atoms with Gasteiger partial charge in [-0.25, -0.2) is 4.79 Å². The molecular weight excluding hydrogens is 347 g/mol. The third-order valence-electron chi connectivity index (χ3n) is 3.55. The summed E-state index contributed by atoms with van der Waals surface area (Å²) in [6.07, 6.45) is -1.26. The average Bonchev–Trinajstić information content (AvgIpc) is 2.60. The van der Waals surface area contributed by atoms with E-state index in [1.54, 1.807) is 13.0 Å². The summed E-state index contributed by atoms with van der Waals surface area (Å²) in [5.41, 5.74) is 0.122. The van der Waals surface area contributed by atoms with Crippen molar-refractivity contribution in [3.05, 3.63) is 64.7 Å². The molecule has 0 radical (unpaired) electrons. The first-order valence-corrected chi connectivity index (χ1v) is 7.73. The number of hydrogen-bond donors (Lipinski definition) is 2. The van der Waals surface area contributed by atoms with Crippen LogP contribution in [0, 0.1) is 0 Å². The quantitative estimate of drug-likeness (QED) is 0.741. The van der Waals surface area contributed by atoms with E-state index in [1.165, 1.54) is 36.4 Å². The molecule has 2 aromatic carbocycles. The molecule has 0 aliphatic heterocycles. The number of alkyl halides is 3. The highest BCUT2D eigenvalue weighted by atomic mass is 19.4. The Morgan fingerprint density at radius 3 is 2.31 bits per heavy atom. The summed E-state index contributed by atoms with van der Waals surface area (Å²) in [5.74, 6) is -1.54. The molecule has 0 heterocycles. The van der Waals surface area contributed by atoms with E-state index in [2.05, 4.69) is 5.32 Å². The minimum Gasteiger partial charge on any atom is -0.478 e. The molecule has 0 fully saturated rings. The van der Waals surface area contributed by atoms with Crippen LogP contribution in [0.1, 0.15) is 40.4 Å². The van der Waals surface area contributed by atoms with E-state index in [1.807, 2.05) is 0 Å². The molecule has 0 saturated heterocycles. The minimum atomic E-state index is -4.43. The van der Waals surface area contributed by atoms with E-state index in [0.29, 0.717) is 11.1 Å². The molecule has 0 bridgehead atoms. The van der Waals surface area contributed by atoms with Crippen molar-refractivity contribution in [3.8, 4) is 0 Å². The smallest absolute Gasteiger partial charge is 0.416 e. The number of benzene rings is 2. The molecule has 1 amide bonds. The maximum atomic E-state index is 12.7. The van der Waals surface area contributed by atoms with Crippen LogP contribution in [0.15, 0.2) is 42.5 Å². The molecule has 0 aromatic heterocycles. The first-order chi connectivity index (χ1) is 12.2. The maximum absolute atomic E-state index is 12.7. The molecule has 4 nitrogen and oxygen atoms in total. The van der Waals surface area contributed by atoms with Crippen molar-refractivity contribution in [2.45, 2.75) is 19.5 Å². The van der Waals surface area contributed by atoms with Crippen molar-refractivity contribution in [2.75, 3.05) is 5.32 Å². The summed E-state index contributed by atoms with van der Waals surface area (Å²) in [6, 6.07) is 9.16. The number of anilines is 1. The molecule has 2 N–H and O–H groups in total. The van der Waals surface area contributed by atoms with Gasteiger partial charge in [0.15, 0.2) is 0 Å². The molecule has 0 aliphatic rings. The zero-order chi connectivity index (χ0) is 19.3. The Bertz CT molecular complexity index is 857. The Morgan fingerprint density at radius 2 is 1.73 bits per heavy atom. The fraction of sp³-hybridized carbons (Fsp3) is 0.158. The van der Waals surface area contributed by atoms with E-state index < -0.39 is 17.7 Å². The summed E-state index contributed by atoms with van der Waals surface area (Å²) < 4.78 is 38.2. The molecule has 0 aliphatic carbocycles. The second kappa shape index (κ2) is 7.86. The third kappa shape index (κ3) is 4.95. The second-order valence-electron chi connectivity index (χ2n) is 5.47. The van der Waals surface area contributed by atoms with Gasteiger partial charge in [-0.15, -0.1) is 0 Å². The molecule has 2 aromatic rings. The number of amides is 1. The Labute approximate surface area is 148 Å². The van der Waals surface area contributed by atoms with Crippen LogP contribution in [0.3, 0.4) is 0 Å². The Kier molecular flexibility index (Phi) is 5.82. The van der Waals surface area contributed by atoms with Crippen LogP contribution in [0.4, 0.5) is 18.9 Å². The number of carbonyl (C=O) groups excluding carboxylic acids is 1. The van der Waals surface area contributed by atoms with E-state index in [-0.39, 0.29) is 23.6 Å². The lowest BCUT2D eigenvalue weighted by Crippen LogP contribution is -2.13. The van der Waals surface area contributed by atoms with Gasteiger partial charge >= 0.3 is 12.1 Å². The molecule has 0 atom stereocenters. The summed E-state index contributed by atoms with van der Waals surface area (Å²) in [6.45, 7) is 1.64. The van der Waals surface area contributed by atoms with Crippen molar-refractivity contribution in [3.63, 3.8) is 0 Å². The average molecular weight is 363 g/mol. The van der Waals surface area contributed by atoms with Crippen LogP contribution in [0.25, 0.3) is 12.2 Å². The van der Waals surface area contributed by atoms with Gasteiger partial charge in [-0.05, 0) is 35.4 Å². The standard InChI is InChI=1S/C19H16F3NO3/c1-2-17(24)23-16-9-8-13(11-15(16)18(25)26)7-6-12-4-3-5-14(10-12)19(20,21)22/h3-11H,2H2,1H3,(H,23,24)(H,25,26). The molecule has 2 rings (SSSR count). The van der Waals surface area contributed by atoms with E-state index in [9.17, 15) is 27.9 Å². The van der Waals surface area contributed by atoms with Gasteiger partial charge in [0.05, 0.1) is 16.8 Å². The zero-order valence-corrected chi connectivity index (χ0v) is 13.8. The first-order valence-electron chi connectivity index (χ1n) is 7.73. The van der Waals surface area contributed by atoms with Crippen molar-refractivity contribution in [1.82, 2.24) is 0 Å². The zero-order valence-electron chi connectivity index (χ0n) is 13.8. The Balaban J connectivity index is 2.30. The monoisotopic (exact) mass is 363 g/mol. The van der Waals surface area contributed by atoms with Crippen molar-refractivity contribution in [2.24, 2.45) is 0 Å². The number of carboxylic acid groups (broad SMARTS) is 1. The minimum absolute atomic E-state index is 0.0991. The summed E-state index contributed by atoms with van der Waals surface area (Å²) >= 11 is 0. The van der Waals surface area contributed by atoms with Gasteiger partial charge in [0.1, 0.15) is 0 Å². The topological polar surface area (TPSA) is 66.4 Å². The van der Waals surface area contributed by atoms with E-state index in [4.69, 9.17) is 0 Å². The molecule has 26 heavy (non-hydrogen) atoms. The lowest BCUT2D eigenvalue weighted by molar-refractivity contribution is -0.137. The van der Waals surface area contributed by atoms with Gasteiger partial charge < -0.3 is 10.4 Å². The number of aromatic carboxylic acids is 1. The van der Waals surface area contributed by atoms with Gasteiger partial charge in [0.25, 0.3) is 0 Å². The van der Waals surface area contributed by atoms with Gasteiger partial charge in [-0.3, -0.25) is 4.79 Å². The van der Waals surface area contributed by atoms with Crippen molar-refractivity contribution in [1.29, 1.82) is 0 Å². The fourth-order valence-electron chi connectivity index (χ4n) is 2.20. The largest absolute Gasteiger partial charge is 0.478 e. The first kappa shape index (κ1) is 19.2. The number of rotatable bonds is 5. The normalized spacial score (nSPS) is 11.5. The van der Waals surface area contributed by atoms with E-state index >= 15 is 0 Å². The van der Waals surface area contributed by atoms with Crippen LogP contribution >= 0.6 is 0 Å². The van der Waals surface area contributed by atoms with Crippen molar-refractivity contribution < 1.29 is 27.9 Å².